The first-order valence-corrected chi connectivity index (χ1v) is 20.8. The Balaban J connectivity index is 1.40. The van der Waals surface area contributed by atoms with Crippen molar-refractivity contribution in [2.45, 2.75) is 104 Å². The van der Waals surface area contributed by atoms with Crippen LogP contribution >= 0.6 is 0 Å². The Morgan fingerprint density at radius 3 is 2.52 bits per heavy atom. The zero-order valence-corrected chi connectivity index (χ0v) is 35.0. The minimum atomic E-state index is -0.827. The van der Waals surface area contributed by atoms with Gasteiger partial charge in [-0.1, -0.05) is 57.0 Å². The van der Waals surface area contributed by atoms with Crippen LogP contribution in [0.25, 0.3) is 33.3 Å². The number of aromatic nitrogens is 2. The molecule has 12 heteroatoms. The third kappa shape index (κ3) is 9.45. The van der Waals surface area contributed by atoms with Crippen molar-refractivity contribution in [3.63, 3.8) is 0 Å². The van der Waals surface area contributed by atoms with E-state index in [2.05, 4.69) is 72.5 Å². The molecule has 1 saturated heterocycles. The summed E-state index contributed by atoms with van der Waals surface area (Å²) in [7, 11) is 3.34. The Bertz CT molecular complexity index is 2070. The third-order valence-corrected chi connectivity index (χ3v) is 11.9. The second-order valence-electron chi connectivity index (χ2n) is 16.7. The molecule has 6 rings (SSSR count). The number of hydrogen-bond donors (Lipinski definition) is 2. The lowest BCUT2D eigenvalue weighted by Gasteiger charge is -2.34. The average Bonchev–Trinajstić information content (AvgIpc) is 3.88. The number of hydrazine groups is 1. The summed E-state index contributed by atoms with van der Waals surface area (Å²) in [4.78, 5) is 57.6. The van der Waals surface area contributed by atoms with Crippen molar-refractivity contribution in [3.8, 4) is 22.4 Å². The summed E-state index contributed by atoms with van der Waals surface area (Å²) < 4.78 is 13.4. The second kappa shape index (κ2) is 19.1. The molecule has 3 atom stereocenters. The minimum Gasteiger partial charge on any atom is -0.467 e. The number of carbonyl (C=O) groups is 4. The molecule has 2 fully saturated rings. The van der Waals surface area contributed by atoms with Gasteiger partial charge in [-0.2, -0.15) is 0 Å². The van der Waals surface area contributed by atoms with Crippen LogP contribution in [0.15, 0.2) is 60.8 Å². The quantitative estimate of drug-likeness (QED) is 0.107. The summed E-state index contributed by atoms with van der Waals surface area (Å²) in [5.41, 5.74) is 10.9. The Morgan fingerprint density at radius 2 is 1.83 bits per heavy atom. The zero-order chi connectivity index (χ0) is 41.4. The fourth-order valence-electron chi connectivity index (χ4n) is 8.97. The molecule has 2 aliphatic rings. The molecule has 0 bridgehead atoms. The SMILES string of the molecule is CCn1c(-c2cccnc2C(C)OC)c(CC(C)(C)COC=O)c2cc(-c3cccc(CC(NC(=O)C(C4CCCC4)N(C)C=O)C(=O)N4CCCCN4)c3)ccc21. The number of hydrogen-bond acceptors (Lipinski definition) is 8. The van der Waals surface area contributed by atoms with Crippen LogP contribution in [0.4, 0.5) is 0 Å². The molecule has 1 aliphatic heterocycles. The van der Waals surface area contributed by atoms with Gasteiger partial charge in [-0.25, -0.2) is 5.43 Å². The number of nitrogens with one attached hydrogen (secondary N) is 2. The molecule has 2 aromatic carbocycles. The number of pyridine rings is 1. The molecule has 1 aliphatic carbocycles. The van der Waals surface area contributed by atoms with E-state index in [9.17, 15) is 19.2 Å². The second-order valence-corrected chi connectivity index (χ2v) is 16.7. The van der Waals surface area contributed by atoms with Crippen molar-refractivity contribution in [1.82, 2.24) is 30.2 Å². The Kier molecular flexibility index (Phi) is 14.0. The minimum absolute atomic E-state index is 0.0570. The fourth-order valence-corrected chi connectivity index (χ4v) is 8.97. The normalized spacial score (nSPS) is 16.5. The molecule has 58 heavy (non-hydrogen) atoms. The first-order valence-electron chi connectivity index (χ1n) is 20.8. The van der Waals surface area contributed by atoms with Crippen LogP contribution in [0, 0.1) is 11.3 Å². The van der Waals surface area contributed by atoms with E-state index in [4.69, 9.17) is 14.5 Å². The van der Waals surface area contributed by atoms with Crippen LogP contribution in [0.1, 0.15) is 89.1 Å². The highest BCUT2D eigenvalue weighted by Crippen LogP contribution is 2.42. The zero-order valence-electron chi connectivity index (χ0n) is 35.0. The van der Waals surface area contributed by atoms with Crippen LogP contribution < -0.4 is 10.7 Å². The number of methoxy groups -OCH3 is 1. The van der Waals surface area contributed by atoms with E-state index in [0.29, 0.717) is 32.4 Å². The van der Waals surface area contributed by atoms with Crippen LogP contribution in [0.2, 0.25) is 0 Å². The molecule has 3 amide bonds. The van der Waals surface area contributed by atoms with Crippen molar-refractivity contribution < 1.29 is 28.7 Å². The van der Waals surface area contributed by atoms with Gasteiger partial charge in [-0.3, -0.25) is 29.2 Å². The monoisotopic (exact) mass is 792 g/mol. The lowest BCUT2D eigenvalue weighted by molar-refractivity contribution is -0.142. The summed E-state index contributed by atoms with van der Waals surface area (Å²) >= 11 is 0. The van der Waals surface area contributed by atoms with Gasteiger partial charge in [0.05, 0.1) is 24.1 Å². The van der Waals surface area contributed by atoms with Gasteiger partial charge in [0.1, 0.15) is 12.1 Å². The van der Waals surface area contributed by atoms with E-state index >= 15 is 0 Å². The Morgan fingerprint density at radius 1 is 1.05 bits per heavy atom. The first-order chi connectivity index (χ1) is 28.0. The van der Waals surface area contributed by atoms with E-state index < -0.39 is 12.1 Å². The highest BCUT2D eigenvalue weighted by atomic mass is 16.5. The summed E-state index contributed by atoms with van der Waals surface area (Å²) in [6.45, 7) is 11.1. The van der Waals surface area contributed by atoms with Gasteiger partial charge in [0.25, 0.3) is 12.4 Å². The van der Waals surface area contributed by atoms with Gasteiger partial charge >= 0.3 is 0 Å². The highest BCUT2D eigenvalue weighted by Gasteiger charge is 2.37. The lowest BCUT2D eigenvalue weighted by atomic mass is 9.84. The van der Waals surface area contributed by atoms with Crippen molar-refractivity contribution >= 4 is 35.6 Å². The van der Waals surface area contributed by atoms with Gasteiger partial charge in [0.15, 0.2) is 0 Å². The standard InChI is InChI=1S/C46H60N6O6/c1-7-51-40-20-19-35(26-37(40)38(27-46(3,4)28-58-30-54)43(51)36-18-13-21-47-41(36)31(2)57-6)34-17-12-14-32(24-34)25-39(45(56)52-23-11-10-22-48-52)49-44(55)42(50(5)29-53)33-15-8-9-16-33/h12-14,17-21,24,26,29-31,33,39,42,48H,7-11,15-16,22-23,25,27-28H2,1-6H3,(H,49,55). The van der Waals surface area contributed by atoms with Gasteiger partial charge in [-0.05, 0) is 98.4 Å². The topological polar surface area (TPSA) is 135 Å². The molecule has 310 valence electrons. The molecule has 12 nitrogen and oxygen atoms in total. The summed E-state index contributed by atoms with van der Waals surface area (Å²) in [6.07, 6.45) is 8.85. The van der Waals surface area contributed by atoms with Gasteiger partial charge in [0, 0.05) is 68.3 Å². The van der Waals surface area contributed by atoms with Crippen LogP contribution in [-0.2, 0) is 48.0 Å². The fraction of sp³-hybridized carbons (Fsp3) is 0.500. The molecular weight excluding hydrogens is 733 g/mol. The molecule has 2 N–H and O–H groups in total. The molecule has 0 radical (unpaired) electrons. The lowest BCUT2D eigenvalue weighted by Crippen LogP contribution is -2.59. The van der Waals surface area contributed by atoms with E-state index in [1.54, 1.807) is 25.4 Å². The van der Waals surface area contributed by atoms with E-state index in [1.165, 1.54) is 4.90 Å². The third-order valence-electron chi connectivity index (χ3n) is 11.9. The average molecular weight is 793 g/mol. The van der Waals surface area contributed by atoms with Gasteiger partial charge in [-0.15, -0.1) is 0 Å². The molecule has 4 aromatic rings. The molecule has 2 aromatic heterocycles. The summed E-state index contributed by atoms with van der Waals surface area (Å²) in [5, 5.41) is 5.84. The highest BCUT2D eigenvalue weighted by molar-refractivity contribution is 5.95. The van der Waals surface area contributed by atoms with Crippen molar-refractivity contribution in [2.24, 2.45) is 11.3 Å². The molecular formula is C46H60N6O6. The van der Waals surface area contributed by atoms with E-state index in [-0.39, 0.29) is 42.3 Å². The maximum Gasteiger partial charge on any atom is 0.293 e. The van der Waals surface area contributed by atoms with E-state index in [1.807, 2.05) is 25.1 Å². The van der Waals surface area contributed by atoms with E-state index in [0.717, 1.165) is 95.2 Å². The number of aryl methyl sites for hydroxylation is 1. The molecule has 3 heterocycles. The predicted octanol–water partition coefficient (Wildman–Crippen LogP) is 6.64. The number of nitrogens with zero attached hydrogens (tertiary/aromatic N) is 4. The van der Waals surface area contributed by atoms with Gasteiger partial charge < -0.3 is 24.3 Å². The molecule has 3 unspecified atom stereocenters. The number of fused-ring (bicyclic) bond motifs is 1. The number of benzene rings is 2. The Labute approximate surface area is 342 Å². The number of carbonyl (C=O) groups excluding carboxylic acids is 4. The number of amides is 3. The Hall–Kier alpha value is -5.07. The first kappa shape index (κ1) is 42.5. The number of likely N-dealkylation sites (N-methyl/N-ethyl adjacent to an activating group) is 1. The van der Waals surface area contributed by atoms with Crippen LogP contribution in [0.5, 0.6) is 0 Å². The van der Waals surface area contributed by atoms with Gasteiger partial charge in [0.2, 0.25) is 12.3 Å². The molecule has 1 saturated carbocycles. The molecule has 0 spiro atoms. The van der Waals surface area contributed by atoms with Crippen molar-refractivity contribution in [1.29, 1.82) is 0 Å². The number of rotatable bonds is 18. The predicted molar refractivity (Wildman–Crippen MR) is 225 cm³/mol. The van der Waals surface area contributed by atoms with Crippen LogP contribution in [0.3, 0.4) is 0 Å². The smallest absolute Gasteiger partial charge is 0.293 e. The number of ether oxygens (including phenoxy) is 2. The van der Waals surface area contributed by atoms with Crippen molar-refractivity contribution in [2.75, 3.05) is 33.9 Å². The van der Waals surface area contributed by atoms with Crippen molar-refractivity contribution in [3.05, 3.63) is 77.6 Å². The summed E-state index contributed by atoms with van der Waals surface area (Å²) in [5.74, 6) is -0.419. The largest absolute Gasteiger partial charge is 0.467 e. The summed E-state index contributed by atoms with van der Waals surface area (Å²) in [6, 6.07) is 17.3. The van der Waals surface area contributed by atoms with Crippen LogP contribution in [-0.4, -0.2) is 90.1 Å². The maximum atomic E-state index is 14.1. The maximum absolute atomic E-state index is 14.1.